The molecule has 0 aliphatic carbocycles. The molecule has 20 heavy (non-hydrogen) atoms. The molecule has 1 aliphatic heterocycles. The summed E-state index contributed by atoms with van der Waals surface area (Å²) in [7, 11) is 4.32. The van der Waals surface area contributed by atoms with Gasteiger partial charge in [0.15, 0.2) is 0 Å². The molecular formula is C17H36N2O. The van der Waals surface area contributed by atoms with Crippen molar-refractivity contribution in [3.8, 4) is 0 Å². The van der Waals surface area contributed by atoms with Gasteiger partial charge in [-0.25, -0.2) is 0 Å². The van der Waals surface area contributed by atoms with Crippen LogP contribution in [0.4, 0.5) is 0 Å². The van der Waals surface area contributed by atoms with Gasteiger partial charge in [-0.1, -0.05) is 19.3 Å². The second-order valence-corrected chi connectivity index (χ2v) is 6.80. The number of nitrogens with zero attached hydrogens (tertiary/aromatic N) is 2. The molecule has 0 radical (unpaired) electrons. The van der Waals surface area contributed by atoms with Crippen molar-refractivity contribution in [2.45, 2.75) is 71.0 Å². The topological polar surface area (TPSA) is 15.7 Å². The van der Waals surface area contributed by atoms with Crippen LogP contribution in [-0.4, -0.2) is 62.3 Å². The van der Waals surface area contributed by atoms with Gasteiger partial charge in [-0.15, -0.1) is 0 Å². The van der Waals surface area contributed by atoms with Gasteiger partial charge < -0.3 is 14.5 Å². The minimum absolute atomic E-state index is 0.383. The molecule has 3 heteroatoms. The predicted octanol–water partition coefficient (Wildman–Crippen LogP) is 3.39. The zero-order valence-electron chi connectivity index (χ0n) is 14.2. The summed E-state index contributed by atoms with van der Waals surface area (Å²) in [6.07, 6.45) is 10.3. The Morgan fingerprint density at radius 2 is 1.60 bits per heavy atom. The molecule has 0 aromatic carbocycles. The number of hydrogen-bond acceptors (Lipinski definition) is 3. The third-order valence-electron chi connectivity index (χ3n) is 4.08. The van der Waals surface area contributed by atoms with Gasteiger partial charge >= 0.3 is 0 Å². The van der Waals surface area contributed by atoms with Crippen LogP contribution in [0.25, 0.3) is 0 Å². The highest BCUT2D eigenvalue weighted by Gasteiger charge is 2.19. The number of unbranched alkanes of at least 4 members (excludes halogenated alkanes) is 4. The number of rotatable bonds is 10. The van der Waals surface area contributed by atoms with Crippen LogP contribution < -0.4 is 0 Å². The van der Waals surface area contributed by atoms with E-state index in [9.17, 15) is 0 Å². The zero-order chi connectivity index (χ0) is 14.8. The maximum Gasteiger partial charge on any atom is 0.0603 e. The van der Waals surface area contributed by atoms with E-state index >= 15 is 0 Å². The lowest BCUT2D eigenvalue weighted by Gasteiger charge is -2.32. The van der Waals surface area contributed by atoms with Crippen LogP contribution >= 0.6 is 0 Å². The summed E-state index contributed by atoms with van der Waals surface area (Å²) in [6.45, 7) is 9.28. The van der Waals surface area contributed by atoms with Crippen LogP contribution in [0, 0.1) is 0 Å². The van der Waals surface area contributed by atoms with E-state index in [0.29, 0.717) is 12.2 Å². The molecular weight excluding hydrogens is 248 g/mol. The molecule has 1 fully saturated rings. The molecule has 0 unspecified atom stereocenters. The smallest absolute Gasteiger partial charge is 0.0603 e. The fourth-order valence-corrected chi connectivity index (χ4v) is 2.95. The first kappa shape index (κ1) is 17.9. The minimum atomic E-state index is 0.383. The average molecular weight is 284 g/mol. The molecule has 0 amide bonds. The average Bonchev–Trinajstić information content (AvgIpc) is 2.38. The van der Waals surface area contributed by atoms with E-state index in [1.54, 1.807) is 0 Å². The van der Waals surface area contributed by atoms with Crippen LogP contribution in [-0.2, 0) is 4.74 Å². The van der Waals surface area contributed by atoms with Crippen LogP contribution in [0.5, 0.6) is 0 Å². The van der Waals surface area contributed by atoms with Crippen LogP contribution in [0.15, 0.2) is 0 Å². The van der Waals surface area contributed by atoms with E-state index in [1.165, 1.54) is 71.1 Å². The van der Waals surface area contributed by atoms with E-state index in [-0.39, 0.29) is 0 Å². The number of piperidine rings is 1. The lowest BCUT2D eigenvalue weighted by Crippen LogP contribution is -2.38. The highest BCUT2D eigenvalue weighted by atomic mass is 16.5. The fourth-order valence-electron chi connectivity index (χ4n) is 2.95. The molecule has 0 saturated carbocycles. The summed E-state index contributed by atoms with van der Waals surface area (Å²) in [5.41, 5.74) is 0. The SMILES string of the molecule is CC(C)OC1CCN(CCCCCCCN(C)C)CC1. The molecule has 0 aromatic rings. The number of likely N-dealkylation sites (tertiary alicyclic amines) is 1. The van der Waals surface area contributed by atoms with Gasteiger partial charge in [0.05, 0.1) is 12.2 Å². The van der Waals surface area contributed by atoms with E-state index < -0.39 is 0 Å². The van der Waals surface area contributed by atoms with Crippen LogP contribution in [0.1, 0.15) is 58.8 Å². The fraction of sp³-hybridized carbons (Fsp3) is 1.00. The van der Waals surface area contributed by atoms with Gasteiger partial charge in [0.25, 0.3) is 0 Å². The summed E-state index contributed by atoms with van der Waals surface area (Å²) in [5, 5.41) is 0. The Balaban J connectivity index is 1.91. The van der Waals surface area contributed by atoms with E-state index in [1.807, 2.05) is 0 Å². The van der Waals surface area contributed by atoms with Crippen molar-refractivity contribution in [2.24, 2.45) is 0 Å². The molecule has 120 valence electrons. The highest BCUT2D eigenvalue weighted by Crippen LogP contribution is 2.16. The number of hydrogen-bond donors (Lipinski definition) is 0. The Kier molecular flexibility index (Phi) is 9.49. The largest absolute Gasteiger partial charge is 0.375 e. The molecule has 3 nitrogen and oxygen atoms in total. The van der Waals surface area contributed by atoms with E-state index in [0.717, 1.165) is 0 Å². The van der Waals surface area contributed by atoms with Crippen molar-refractivity contribution >= 4 is 0 Å². The summed E-state index contributed by atoms with van der Waals surface area (Å²) in [6, 6.07) is 0. The molecule has 1 rings (SSSR count). The number of ether oxygens (including phenoxy) is 1. The first-order valence-corrected chi connectivity index (χ1v) is 8.60. The van der Waals surface area contributed by atoms with Crippen molar-refractivity contribution < 1.29 is 4.74 Å². The highest BCUT2D eigenvalue weighted by molar-refractivity contribution is 4.73. The Labute approximate surface area is 126 Å². The molecule has 0 bridgehead atoms. The maximum atomic E-state index is 5.90. The van der Waals surface area contributed by atoms with Crippen molar-refractivity contribution in [2.75, 3.05) is 40.3 Å². The second-order valence-electron chi connectivity index (χ2n) is 6.80. The van der Waals surface area contributed by atoms with E-state index in [2.05, 4.69) is 37.7 Å². The monoisotopic (exact) mass is 284 g/mol. The van der Waals surface area contributed by atoms with Gasteiger partial charge in [-0.2, -0.15) is 0 Å². The first-order valence-electron chi connectivity index (χ1n) is 8.60. The molecule has 0 aromatic heterocycles. The molecule has 1 saturated heterocycles. The third kappa shape index (κ3) is 8.93. The lowest BCUT2D eigenvalue weighted by atomic mass is 10.1. The van der Waals surface area contributed by atoms with Crippen molar-refractivity contribution in [1.29, 1.82) is 0 Å². The normalized spacial score (nSPS) is 18.3. The Morgan fingerprint density at radius 1 is 1.00 bits per heavy atom. The lowest BCUT2D eigenvalue weighted by molar-refractivity contribution is -0.0268. The van der Waals surface area contributed by atoms with Crippen molar-refractivity contribution in [3.05, 3.63) is 0 Å². The van der Waals surface area contributed by atoms with Gasteiger partial charge in [-0.3, -0.25) is 0 Å². The summed E-state index contributed by atoms with van der Waals surface area (Å²) >= 11 is 0. The summed E-state index contributed by atoms with van der Waals surface area (Å²) in [4.78, 5) is 4.91. The molecule has 0 atom stereocenters. The van der Waals surface area contributed by atoms with Gasteiger partial charge in [0, 0.05) is 13.1 Å². The van der Waals surface area contributed by atoms with Crippen molar-refractivity contribution in [3.63, 3.8) is 0 Å². The Morgan fingerprint density at radius 3 is 2.20 bits per heavy atom. The van der Waals surface area contributed by atoms with Crippen LogP contribution in [0.3, 0.4) is 0 Å². The molecule has 0 spiro atoms. The molecule has 1 heterocycles. The molecule has 0 N–H and O–H groups in total. The zero-order valence-corrected chi connectivity index (χ0v) is 14.2. The van der Waals surface area contributed by atoms with Crippen molar-refractivity contribution in [1.82, 2.24) is 9.80 Å². The Bertz CT molecular complexity index is 223. The minimum Gasteiger partial charge on any atom is -0.375 e. The second kappa shape index (κ2) is 10.6. The standard InChI is InChI=1S/C17H36N2O/c1-16(2)20-17-10-14-19(15-11-17)13-9-7-5-6-8-12-18(3)4/h16-17H,5-15H2,1-4H3. The molecule has 1 aliphatic rings. The van der Waals surface area contributed by atoms with Gasteiger partial charge in [0.2, 0.25) is 0 Å². The summed E-state index contributed by atoms with van der Waals surface area (Å²) in [5.74, 6) is 0. The summed E-state index contributed by atoms with van der Waals surface area (Å²) < 4.78 is 5.90. The predicted molar refractivity (Wildman–Crippen MR) is 87.3 cm³/mol. The van der Waals surface area contributed by atoms with E-state index in [4.69, 9.17) is 4.74 Å². The quantitative estimate of drug-likeness (QED) is 0.572. The first-order chi connectivity index (χ1) is 9.58. The maximum absolute atomic E-state index is 5.90. The van der Waals surface area contributed by atoms with Gasteiger partial charge in [0.1, 0.15) is 0 Å². The Hall–Kier alpha value is -0.120. The third-order valence-corrected chi connectivity index (χ3v) is 4.08. The van der Waals surface area contributed by atoms with Crippen LogP contribution in [0.2, 0.25) is 0 Å². The van der Waals surface area contributed by atoms with Gasteiger partial charge in [-0.05, 0) is 66.7 Å².